The summed E-state index contributed by atoms with van der Waals surface area (Å²) in [4.78, 5) is 10.2. The molecule has 0 bridgehead atoms. The molecular weight excluding hydrogens is 156 g/mol. The number of ether oxygens (including phenoxy) is 1. The molecule has 0 fully saturated rings. The van der Waals surface area contributed by atoms with Crippen LogP contribution in [0.25, 0.3) is 0 Å². The Hall–Kier alpha value is -1.69. The summed E-state index contributed by atoms with van der Waals surface area (Å²) >= 11 is 0. The first-order valence-corrected chi connectivity index (χ1v) is 3.48. The van der Waals surface area contributed by atoms with Gasteiger partial charge in [-0.15, -0.1) is 12.3 Å². The molecule has 0 aliphatic carbocycles. The first-order chi connectivity index (χ1) is 5.86. The third-order valence-corrected chi connectivity index (χ3v) is 1.21. The summed E-state index contributed by atoms with van der Waals surface area (Å²) < 4.78 is 9.98. The van der Waals surface area contributed by atoms with Crippen LogP contribution in [0.5, 0.6) is 5.95 Å². The summed E-state index contributed by atoms with van der Waals surface area (Å²) in [5, 5.41) is 0. The predicted octanol–water partition coefficient (Wildman–Crippen LogP) is 1.49. The zero-order valence-corrected chi connectivity index (χ0v) is 6.45. The molecule has 1 rings (SSSR count). The number of carbonyl (C=O) groups excluding carboxylic acids is 1. The molecular formula is C9H8O3. The molecule has 0 N–H and O–H groups in total. The molecule has 1 aromatic rings. The molecule has 0 aliphatic rings. The van der Waals surface area contributed by atoms with Crippen LogP contribution in [0.2, 0.25) is 0 Å². The lowest BCUT2D eigenvalue weighted by atomic mass is 10.5. The number of aldehydes is 1. The third kappa shape index (κ3) is 2.17. The van der Waals surface area contributed by atoms with E-state index in [0.29, 0.717) is 25.3 Å². The Morgan fingerprint density at radius 3 is 3.08 bits per heavy atom. The predicted molar refractivity (Wildman–Crippen MR) is 43.0 cm³/mol. The Bertz CT molecular complexity index is 293. The van der Waals surface area contributed by atoms with Gasteiger partial charge in [-0.3, -0.25) is 4.79 Å². The molecule has 0 aliphatic heterocycles. The number of terminal acetylenes is 1. The molecule has 1 aromatic heterocycles. The molecule has 0 atom stereocenters. The molecule has 12 heavy (non-hydrogen) atoms. The fraction of sp³-hybridized carbons (Fsp3) is 0.222. The smallest absolute Gasteiger partial charge is 0.284 e. The molecule has 0 spiro atoms. The molecule has 0 aromatic carbocycles. The van der Waals surface area contributed by atoms with Crippen molar-refractivity contribution in [3.05, 3.63) is 17.9 Å². The molecule has 0 unspecified atom stereocenters. The van der Waals surface area contributed by atoms with Crippen LogP contribution in [0.1, 0.15) is 17.0 Å². The van der Waals surface area contributed by atoms with Gasteiger partial charge in [0.25, 0.3) is 5.95 Å². The second kappa shape index (κ2) is 4.24. The Morgan fingerprint density at radius 2 is 2.50 bits per heavy atom. The van der Waals surface area contributed by atoms with Crippen LogP contribution in [0.3, 0.4) is 0 Å². The van der Waals surface area contributed by atoms with Crippen molar-refractivity contribution in [1.82, 2.24) is 0 Å². The lowest BCUT2D eigenvalue weighted by Crippen LogP contribution is -1.93. The van der Waals surface area contributed by atoms with Crippen molar-refractivity contribution >= 4 is 6.29 Å². The summed E-state index contributed by atoms with van der Waals surface area (Å²) in [6, 6.07) is 3.12. The van der Waals surface area contributed by atoms with Gasteiger partial charge in [0.15, 0.2) is 12.0 Å². The monoisotopic (exact) mass is 164 g/mol. The van der Waals surface area contributed by atoms with Gasteiger partial charge in [-0.05, 0) is 6.07 Å². The lowest BCUT2D eigenvalue weighted by Gasteiger charge is -1.96. The zero-order valence-electron chi connectivity index (χ0n) is 6.45. The first-order valence-electron chi connectivity index (χ1n) is 3.48. The average Bonchev–Trinajstić information content (AvgIpc) is 2.53. The number of hydrogen-bond donors (Lipinski definition) is 0. The van der Waals surface area contributed by atoms with Crippen LogP contribution in [0.15, 0.2) is 16.5 Å². The molecule has 0 amide bonds. The first kappa shape index (κ1) is 8.41. The van der Waals surface area contributed by atoms with Crippen LogP contribution in [-0.4, -0.2) is 12.9 Å². The van der Waals surface area contributed by atoms with E-state index < -0.39 is 0 Å². The number of carbonyl (C=O) groups is 1. The maximum absolute atomic E-state index is 10.2. The highest BCUT2D eigenvalue weighted by Crippen LogP contribution is 2.14. The van der Waals surface area contributed by atoms with Gasteiger partial charge in [0.1, 0.15) is 6.61 Å². The van der Waals surface area contributed by atoms with E-state index in [4.69, 9.17) is 15.6 Å². The van der Waals surface area contributed by atoms with Gasteiger partial charge in [0, 0.05) is 12.5 Å². The van der Waals surface area contributed by atoms with Crippen LogP contribution in [0, 0.1) is 12.3 Å². The van der Waals surface area contributed by atoms with Crippen LogP contribution in [0.4, 0.5) is 0 Å². The average molecular weight is 164 g/mol. The van der Waals surface area contributed by atoms with Gasteiger partial charge >= 0.3 is 0 Å². The van der Waals surface area contributed by atoms with E-state index in [9.17, 15) is 4.79 Å². The van der Waals surface area contributed by atoms with E-state index in [2.05, 4.69) is 5.92 Å². The molecule has 0 saturated heterocycles. The lowest BCUT2D eigenvalue weighted by molar-refractivity contribution is 0.109. The third-order valence-electron chi connectivity index (χ3n) is 1.21. The van der Waals surface area contributed by atoms with E-state index in [-0.39, 0.29) is 5.76 Å². The summed E-state index contributed by atoms with van der Waals surface area (Å²) in [5.41, 5.74) is 0. The van der Waals surface area contributed by atoms with Gasteiger partial charge in [-0.2, -0.15) is 0 Å². The highest BCUT2D eigenvalue weighted by Gasteiger charge is 1.99. The minimum atomic E-state index is 0.255. The van der Waals surface area contributed by atoms with Crippen molar-refractivity contribution in [3.8, 4) is 18.3 Å². The van der Waals surface area contributed by atoms with Crippen LogP contribution >= 0.6 is 0 Å². The van der Waals surface area contributed by atoms with E-state index in [1.54, 1.807) is 6.07 Å². The largest absolute Gasteiger partial charge is 0.464 e. The number of hydrogen-bond acceptors (Lipinski definition) is 3. The van der Waals surface area contributed by atoms with Gasteiger partial charge in [-0.25, -0.2) is 0 Å². The van der Waals surface area contributed by atoms with Crippen molar-refractivity contribution in [1.29, 1.82) is 0 Å². The topological polar surface area (TPSA) is 39.4 Å². The SMILES string of the molecule is C#CCCOc1ccc(C=O)o1. The van der Waals surface area contributed by atoms with Gasteiger partial charge in [-0.1, -0.05) is 0 Å². The highest BCUT2D eigenvalue weighted by molar-refractivity contribution is 5.70. The van der Waals surface area contributed by atoms with Crippen LogP contribution < -0.4 is 4.74 Å². The number of furan rings is 1. The minimum absolute atomic E-state index is 0.255. The van der Waals surface area contributed by atoms with Gasteiger partial charge in [0.2, 0.25) is 0 Å². The Kier molecular flexibility index (Phi) is 2.97. The minimum Gasteiger partial charge on any atom is -0.464 e. The second-order valence-electron chi connectivity index (χ2n) is 2.08. The Balaban J connectivity index is 2.42. The fourth-order valence-corrected chi connectivity index (χ4v) is 0.686. The van der Waals surface area contributed by atoms with Crippen LogP contribution in [-0.2, 0) is 0 Å². The molecule has 3 nitrogen and oxygen atoms in total. The fourth-order valence-electron chi connectivity index (χ4n) is 0.686. The highest BCUT2D eigenvalue weighted by atomic mass is 16.6. The van der Waals surface area contributed by atoms with Gasteiger partial charge < -0.3 is 9.15 Å². The van der Waals surface area contributed by atoms with Crippen molar-refractivity contribution in [2.75, 3.05) is 6.61 Å². The van der Waals surface area contributed by atoms with E-state index >= 15 is 0 Å². The van der Waals surface area contributed by atoms with E-state index in [1.165, 1.54) is 6.07 Å². The van der Waals surface area contributed by atoms with E-state index in [0.717, 1.165) is 0 Å². The quantitative estimate of drug-likeness (QED) is 0.384. The summed E-state index contributed by atoms with van der Waals surface area (Å²) in [7, 11) is 0. The van der Waals surface area contributed by atoms with Crippen molar-refractivity contribution < 1.29 is 13.9 Å². The van der Waals surface area contributed by atoms with E-state index in [1.807, 2.05) is 0 Å². The molecule has 62 valence electrons. The molecule has 3 heteroatoms. The van der Waals surface area contributed by atoms with Crippen molar-refractivity contribution in [3.63, 3.8) is 0 Å². The van der Waals surface area contributed by atoms with Gasteiger partial charge in [0.05, 0.1) is 0 Å². The van der Waals surface area contributed by atoms with Crippen molar-refractivity contribution in [2.24, 2.45) is 0 Å². The Morgan fingerprint density at radius 1 is 1.67 bits per heavy atom. The summed E-state index contributed by atoms with van der Waals surface area (Å²) in [6.45, 7) is 0.405. The molecule has 0 radical (unpaired) electrons. The summed E-state index contributed by atoms with van der Waals surface area (Å²) in [6.07, 6.45) is 6.15. The normalized spacial score (nSPS) is 8.92. The molecule has 0 saturated carbocycles. The molecule has 1 heterocycles. The maximum Gasteiger partial charge on any atom is 0.284 e. The van der Waals surface area contributed by atoms with Crippen molar-refractivity contribution in [2.45, 2.75) is 6.42 Å². The standard InChI is InChI=1S/C9H8O3/c1-2-3-6-11-9-5-4-8(7-10)12-9/h1,4-5,7H,3,6H2. The number of rotatable bonds is 4. The zero-order chi connectivity index (χ0) is 8.81. The summed E-state index contributed by atoms with van der Waals surface area (Å²) in [5.74, 6) is 3.00. The second-order valence-corrected chi connectivity index (χ2v) is 2.08. The Labute approximate surface area is 70.3 Å². The maximum atomic E-state index is 10.2.